The van der Waals surface area contributed by atoms with Gasteiger partial charge in [-0.2, -0.15) is 0 Å². The Balaban J connectivity index is 2.29. The first kappa shape index (κ1) is 11.2. The van der Waals surface area contributed by atoms with Crippen LogP contribution in [0.2, 0.25) is 0 Å². The van der Waals surface area contributed by atoms with Gasteiger partial charge < -0.3 is 14.6 Å². The van der Waals surface area contributed by atoms with E-state index < -0.39 is 11.6 Å². The van der Waals surface area contributed by atoms with Crippen molar-refractivity contribution in [2.45, 2.75) is 38.2 Å². The van der Waals surface area contributed by atoms with Crippen LogP contribution in [0.4, 0.5) is 0 Å². The minimum absolute atomic E-state index is 0.0806. The number of hydrogen-bond acceptors (Lipinski definition) is 3. The molecule has 0 spiro atoms. The van der Waals surface area contributed by atoms with E-state index in [9.17, 15) is 9.90 Å². The summed E-state index contributed by atoms with van der Waals surface area (Å²) < 4.78 is 5.17. The molecule has 4 nitrogen and oxygen atoms in total. The molecule has 0 atom stereocenters. The van der Waals surface area contributed by atoms with Gasteiger partial charge in [0.1, 0.15) is 16.9 Å². The Hall–Kier alpha value is -1.29. The summed E-state index contributed by atoms with van der Waals surface area (Å²) in [6.07, 6.45) is 4.27. The van der Waals surface area contributed by atoms with Crippen molar-refractivity contribution in [2.75, 3.05) is 0 Å². The molecule has 2 N–H and O–H groups in total. The first-order chi connectivity index (χ1) is 7.53. The van der Waals surface area contributed by atoms with Crippen LogP contribution < -0.4 is 0 Å². The molecule has 1 aliphatic carbocycles. The Labute approximate surface area is 93.9 Å². The predicted molar refractivity (Wildman–Crippen MR) is 57.2 cm³/mol. The standard InChI is InChI=1S/C12H16O4/c1-8-2-5-12(15,6-3-8)10-9(11(13)14)4-7-16-10/h4,7-8,15H,2-3,5-6H2,1H3,(H,13,14). The van der Waals surface area contributed by atoms with E-state index in [1.54, 1.807) is 0 Å². The SMILES string of the molecule is CC1CCC(O)(c2occc2C(=O)O)CC1. The third-order valence-electron chi connectivity index (χ3n) is 3.42. The summed E-state index contributed by atoms with van der Waals surface area (Å²) in [5, 5.41) is 19.4. The molecule has 1 aliphatic rings. The molecule has 1 saturated carbocycles. The molecule has 4 heteroatoms. The maximum Gasteiger partial charge on any atom is 0.339 e. The van der Waals surface area contributed by atoms with E-state index in [1.165, 1.54) is 12.3 Å². The van der Waals surface area contributed by atoms with Crippen molar-refractivity contribution in [3.05, 3.63) is 23.7 Å². The molecule has 1 fully saturated rings. The fourth-order valence-corrected chi connectivity index (χ4v) is 2.30. The van der Waals surface area contributed by atoms with Gasteiger partial charge in [0, 0.05) is 0 Å². The van der Waals surface area contributed by atoms with Crippen LogP contribution in [0.1, 0.15) is 48.7 Å². The van der Waals surface area contributed by atoms with Crippen molar-refractivity contribution in [3.63, 3.8) is 0 Å². The summed E-state index contributed by atoms with van der Waals surface area (Å²) in [6.45, 7) is 2.14. The van der Waals surface area contributed by atoms with Crippen molar-refractivity contribution in [1.29, 1.82) is 0 Å². The van der Waals surface area contributed by atoms with Crippen molar-refractivity contribution in [3.8, 4) is 0 Å². The zero-order valence-corrected chi connectivity index (χ0v) is 9.27. The first-order valence-electron chi connectivity index (χ1n) is 5.56. The van der Waals surface area contributed by atoms with Gasteiger partial charge in [-0.25, -0.2) is 4.79 Å². The zero-order valence-electron chi connectivity index (χ0n) is 9.27. The summed E-state index contributed by atoms with van der Waals surface area (Å²) >= 11 is 0. The van der Waals surface area contributed by atoms with E-state index >= 15 is 0 Å². The highest BCUT2D eigenvalue weighted by Gasteiger charge is 2.39. The van der Waals surface area contributed by atoms with Crippen LogP contribution >= 0.6 is 0 Å². The number of furan rings is 1. The number of aliphatic hydroxyl groups is 1. The van der Waals surface area contributed by atoms with E-state index in [1.807, 2.05) is 0 Å². The molecule has 0 aliphatic heterocycles. The molecule has 2 rings (SSSR count). The lowest BCUT2D eigenvalue weighted by molar-refractivity contribution is -0.0311. The van der Waals surface area contributed by atoms with Gasteiger partial charge >= 0.3 is 5.97 Å². The zero-order chi connectivity index (χ0) is 11.8. The van der Waals surface area contributed by atoms with Crippen LogP contribution in [-0.2, 0) is 5.60 Å². The van der Waals surface area contributed by atoms with E-state index in [-0.39, 0.29) is 11.3 Å². The average Bonchev–Trinajstić information content (AvgIpc) is 2.72. The van der Waals surface area contributed by atoms with Crippen LogP contribution in [0.15, 0.2) is 16.7 Å². The minimum atomic E-state index is -1.09. The molecule has 0 unspecified atom stereocenters. The highest BCUT2D eigenvalue weighted by atomic mass is 16.4. The maximum absolute atomic E-state index is 11.0. The summed E-state index contributed by atoms with van der Waals surface area (Å²) in [7, 11) is 0. The highest BCUT2D eigenvalue weighted by Crippen LogP contribution is 2.40. The lowest BCUT2D eigenvalue weighted by atomic mass is 9.77. The minimum Gasteiger partial charge on any atom is -0.478 e. The molecule has 0 saturated heterocycles. The first-order valence-corrected chi connectivity index (χ1v) is 5.56. The number of hydrogen-bond donors (Lipinski definition) is 2. The molecule has 1 aromatic heterocycles. The summed E-state index contributed by atoms with van der Waals surface area (Å²) in [6, 6.07) is 1.40. The maximum atomic E-state index is 11.0. The summed E-state index contributed by atoms with van der Waals surface area (Å²) in [4.78, 5) is 11.0. The molecule has 1 aromatic rings. The number of carboxylic acids is 1. The molecular formula is C12H16O4. The molecular weight excluding hydrogens is 208 g/mol. The second-order valence-electron chi connectivity index (χ2n) is 4.68. The predicted octanol–water partition coefficient (Wildman–Crippen LogP) is 2.38. The molecule has 0 bridgehead atoms. The quantitative estimate of drug-likeness (QED) is 0.809. The smallest absolute Gasteiger partial charge is 0.339 e. The fraction of sp³-hybridized carbons (Fsp3) is 0.583. The third-order valence-corrected chi connectivity index (χ3v) is 3.42. The Morgan fingerprint density at radius 2 is 2.12 bits per heavy atom. The van der Waals surface area contributed by atoms with Crippen molar-refractivity contribution >= 4 is 5.97 Å². The Kier molecular flexibility index (Phi) is 2.76. The van der Waals surface area contributed by atoms with Gasteiger partial charge in [0.05, 0.1) is 6.26 Å². The second-order valence-corrected chi connectivity index (χ2v) is 4.68. The number of rotatable bonds is 2. The Bertz CT molecular complexity index is 385. The Morgan fingerprint density at radius 1 is 1.50 bits per heavy atom. The monoisotopic (exact) mass is 224 g/mol. The van der Waals surface area contributed by atoms with Crippen LogP contribution in [0, 0.1) is 5.92 Å². The van der Waals surface area contributed by atoms with Crippen molar-refractivity contribution < 1.29 is 19.4 Å². The summed E-state index contributed by atoms with van der Waals surface area (Å²) in [5.74, 6) is -0.244. The van der Waals surface area contributed by atoms with Crippen molar-refractivity contribution in [2.24, 2.45) is 5.92 Å². The van der Waals surface area contributed by atoms with Crippen LogP contribution in [-0.4, -0.2) is 16.2 Å². The van der Waals surface area contributed by atoms with Gasteiger partial charge in [-0.1, -0.05) is 6.92 Å². The molecule has 88 valence electrons. The van der Waals surface area contributed by atoms with Gasteiger partial charge in [0.15, 0.2) is 0 Å². The van der Waals surface area contributed by atoms with Crippen molar-refractivity contribution in [1.82, 2.24) is 0 Å². The fourth-order valence-electron chi connectivity index (χ4n) is 2.30. The second kappa shape index (κ2) is 3.94. The van der Waals surface area contributed by atoms with E-state index in [4.69, 9.17) is 9.52 Å². The van der Waals surface area contributed by atoms with Crippen LogP contribution in [0.25, 0.3) is 0 Å². The normalized spacial score (nSPS) is 30.2. The third kappa shape index (κ3) is 1.85. The molecule has 16 heavy (non-hydrogen) atoms. The van der Waals surface area contributed by atoms with Gasteiger partial charge in [0.25, 0.3) is 0 Å². The van der Waals surface area contributed by atoms with Gasteiger partial charge in [0.2, 0.25) is 0 Å². The van der Waals surface area contributed by atoms with Gasteiger partial charge in [-0.3, -0.25) is 0 Å². The molecule has 0 amide bonds. The number of carbonyl (C=O) groups is 1. The number of aromatic carboxylic acids is 1. The van der Waals surface area contributed by atoms with E-state index in [2.05, 4.69) is 6.92 Å². The molecule has 0 radical (unpaired) electrons. The lowest BCUT2D eigenvalue weighted by Gasteiger charge is -2.33. The highest BCUT2D eigenvalue weighted by molar-refractivity contribution is 5.89. The van der Waals surface area contributed by atoms with E-state index in [0.717, 1.165) is 12.8 Å². The number of carboxylic acid groups (broad SMARTS) is 1. The van der Waals surface area contributed by atoms with Gasteiger partial charge in [-0.05, 0) is 37.7 Å². The van der Waals surface area contributed by atoms with E-state index in [0.29, 0.717) is 18.8 Å². The topological polar surface area (TPSA) is 70.7 Å². The summed E-state index contributed by atoms with van der Waals surface area (Å²) in [5.41, 5.74) is -1.01. The van der Waals surface area contributed by atoms with Crippen LogP contribution in [0.5, 0.6) is 0 Å². The Morgan fingerprint density at radius 3 is 2.69 bits per heavy atom. The average molecular weight is 224 g/mol. The van der Waals surface area contributed by atoms with Gasteiger partial charge in [-0.15, -0.1) is 0 Å². The molecule has 1 heterocycles. The lowest BCUT2D eigenvalue weighted by Crippen LogP contribution is -2.31. The molecule has 0 aromatic carbocycles. The van der Waals surface area contributed by atoms with Crippen LogP contribution in [0.3, 0.4) is 0 Å². The largest absolute Gasteiger partial charge is 0.478 e.